The molecule has 0 aliphatic heterocycles. The van der Waals surface area contributed by atoms with Crippen LogP contribution in [0.15, 0.2) is 42.5 Å². The third kappa shape index (κ3) is 2.48. The highest BCUT2D eigenvalue weighted by Crippen LogP contribution is 2.34. The smallest absolute Gasteiger partial charge is 0.165 e. The predicted octanol–water partition coefficient (Wildman–Crippen LogP) is 3.57. The average molecular weight is 272 g/mol. The summed E-state index contributed by atoms with van der Waals surface area (Å²) < 4.78 is 27.5. The van der Waals surface area contributed by atoms with Crippen LogP contribution in [0.2, 0.25) is 0 Å². The first-order valence-electron chi connectivity index (χ1n) is 6.17. The molecule has 0 aliphatic carbocycles. The monoisotopic (exact) mass is 272 g/mol. The van der Waals surface area contributed by atoms with E-state index in [1.807, 2.05) is 30.3 Å². The lowest BCUT2D eigenvalue weighted by Crippen LogP contribution is -2.26. The summed E-state index contributed by atoms with van der Waals surface area (Å²) in [7, 11) is 0. The molecule has 4 heteroatoms. The van der Waals surface area contributed by atoms with Crippen LogP contribution in [0, 0.1) is 23.0 Å². The summed E-state index contributed by atoms with van der Waals surface area (Å²) in [6, 6.07) is 13.5. The summed E-state index contributed by atoms with van der Waals surface area (Å²) in [4.78, 5) is 0. The zero-order chi connectivity index (χ0) is 14.8. The first kappa shape index (κ1) is 14.0. The third-order valence-electron chi connectivity index (χ3n) is 3.33. The molecule has 0 radical (unpaired) electrons. The maximum atomic E-state index is 14.0. The van der Waals surface area contributed by atoms with Gasteiger partial charge < -0.3 is 5.73 Å². The number of hydrogen-bond donors (Lipinski definition) is 1. The fourth-order valence-corrected chi connectivity index (χ4v) is 2.31. The molecular formula is C16H14F2N2. The molecule has 2 nitrogen and oxygen atoms in total. The number of nitriles is 1. The van der Waals surface area contributed by atoms with Crippen LogP contribution < -0.4 is 5.73 Å². The minimum Gasteiger partial charge on any atom is -0.398 e. The molecule has 0 amide bonds. The second-order valence-corrected chi connectivity index (χ2v) is 4.93. The number of rotatable bonds is 3. The van der Waals surface area contributed by atoms with E-state index in [9.17, 15) is 14.0 Å². The summed E-state index contributed by atoms with van der Waals surface area (Å²) in [6.07, 6.45) is 0.259. The van der Waals surface area contributed by atoms with Crippen LogP contribution in [-0.4, -0.2) is 0 Å². The van der Waals surface area contributed by atoms with Crippen LogP contribution in [0.4, 0.5) is 14.5 Å². The Balaban J connectivity index is 2.52. The predicted molar refractivity (Wildman–Crippen MR) is 73.9 cm³/mol. The number of nitrogens with zero attached hydrogens (tertiary/aromatic N) is 1. The van der Waals surface area contributed by atoms with Crippen LogP contribution >= 0.6 is 0 Å². The van der Waals surface area contributed by atoms with Crippen molar-refractivity contribution < 1.29 is 8.78 Å². The first-order valence-corrected chi connectivity index (χ1v) is 6.17. The Hall–Kier alpha value is -2.41. The highest BCUT2D eigenvalue weighted by Gasteiger charge is 2.33. The topological polar surface area (TPSA) is 49.8 Å². The molecule has 0 saturated heterocycles. The van der Waals surface area contributed by atoms with E-state index in [-0.39, 0.29) is 17.7 Å². The van der Waals surface area contributed by atoms with Crippen molar-refractivity contribution in [1.82, 2.24) is 0 Å². The number of hydrogen-bond acceptors (Lipinski definition) is 2. The lowest BCUT2D eigenvalue weighted by Gasteiger charge is -2.24. The Morgan fingerprint density at radius 3 is 2.40 bits per heavy atom. The molecule has 2 aromatic carbocycles. The number of nitrogens with two attached hydrogens (primary N) is 1. The fourth-order valence-electron chi connectivity index (χ4n) is 2.31. The van der Waals surface area contributed by atoms with Gasteiger partial charge in [-0.05, 0) is 31.0 Å². The highest BCUT2D eigenvalue weighted by molar-refractivity contribution is 5.54. The molecule has 2 rings (SSSR count). The summed E-state index contributed by atoms with van der Waals surface area (Å²) in [5, 5.41) is 9.45. The maximum absolute atomic E-state index is 14.0. The van der Waals surface area contributed by atoms with E-state index in [2.05, 4.69) is 6.07 Å². The van der Waals surface area contributed by atoms with E-state index in [0.29, 0.717) is 0 Å². The second-order valence-electron chi connectivity index (χ2n) is 4.93. The minimum atomic E-state index is -1.22. The van der Waals surface area contributed by atoms with E-state index in [4.69, 9.17) is 5.73 Å². The fraction of sp³-hybridized carbons (Fsp3) is 0.188. The van der Waals surface area contributed by atoms with Crippen molar-refractivity contribution >= 4 is 5.69 Å². The van der Waals surface area contributed by atoms with Crippen LogP contribution in [0.5, 0.6) is 0 Å². The lowest BCUT2D eigenvalue weighted by atomic mass is 9.77. The molecule has 0 aromatic heterocycles. The van der Waals surface area contributed by atoms with Crippen molar-refractivity contribution in [3.63, 3.8) is 0 Å². The highest BCUT2D eigenvalue weighted by atomic mass is 19.2. The van der Waals surface area contributed by atoms with E-state index in [1.165, 1.54) is 6.07 Å². The average Bonchev–Trinajstić information content (AvgIpc) is 2.44. The standard InChI is InChI=1S/C16H14F2N2/c1-16(10-19,9-11-5-3-2-4-6-11)14-13(20)8-7-12(17)15(14)18/h2-8H,9,20H2,1H3. The Bertz CT molecular complexity index is 662. The number of anilines is 1. The van der Waals surface area contributed by atoms with Gasteiger partial charge in [0.1, 0.15) is 0 Å². The Morgan fingerprint density at radius 2 is 1.80 bits per heavy atom. The molecule has 1 unspecified atom stereocenters. The van der Waals surface area contributed by atoms with Crippen molar-refractivity contribution in [2.24, 2.45) is 0 Å². The molecule has 2 aromatic rings. The Labute approximate surface area is 116 Å². The van der Waals surface area contributed by atoms with Gasteiger partial charge in [-0.15, -0.1) is 0 Å². The second kappa shape index (κ2) is 5.30. The molecule has 0 fully saturated rings. The van der Waals surface area contributed by atoms with Gasteiger partial charge in [-0.25, -0.2) is 8.78 Å². The lowest BCUT2D eigenvalue weighted by molar-refractivity contribution is 0.472. The minimum absolute atomic E-state index is 0.0798. The van der Waals surface area contributed by atoms with Crippen LogP contribution in [0.25, 0.3) is 0 Å². The van der Waals surface area contributed by atoms with Gasteiger partial charge in [0.25, 0.3) is 0 Å². The largest absolute Gasteiger partial charge is 0.398 e. The van der Waals surface area contributed by atoms with Gasteiger partial charge in [0, 0.05) is 11.3 Å². The van der Waals surface area contributed by atoms with Crippen molar-refractivity contribution in [3.8, 4) is 6.07 Å². The molecule has 2 N–H and O–H groups in total. The van der Waals surface area contributed by atoms with Crippen LogP contribution in [0.3, 0.4) is 0 Å². The maximum Gasteiger partial charge on any atom is 0.165 e. The van der Waals surface area contributed by atoms with Crippen molar-refractivity contribution in [2.45, 2.75) is 18.8 Å². The molecule has 102 valence electrons. The van der Waals surface area contributed by atoms with E-state index in [0.717, 1.165) is 11.6 Å². The molecule has 0 bridgehead atoms. The Morgan fingerprint density at radius 1 is 1.15 bits per heavy atom. The van der Waals surface area contributed by atoms with Gasteiger partial charge in [0.05, 0.1) is 11.5 Å². The van der Waals surface area contributed by atoms with Gasteiger partial charge in [0.2, 0.25) is 0 Å². The molecule has 20 heavy (non-hydrogen) atoms. The molecular weight excluding hydrogens is 258 g/mol. The van der Waals surface area contributed by atoms with Crippen LogP contribution in [-0.2, 0) is 11.8 Å². The third-order valence-corrected chi connectivity index (χ3v) is 3.33. The normalized spacial score (nSPS) is 13.5. The number of nitrogen functional groups attached to an aromatic ring is 1. The molecule has 0 aliphatic rings. The van der Waals surface area contributed by atoms with Gasteiger partial charge in [-0.2, -0.15) is 5.26 Å². The van der Waals surface area contributed by atoms with E-state index < -0.39 is 17.0 Å². The zero-order valence-electron chi connectivity index (χ0n) is 11.0. The molecule has 0 heterocycles. The number of halogens is 2. The molecule has 0 spiro atoms. The van der Waals surface area contributed by atoms with Crippen molar-refractivity contribution in [2.75, 3.05) is 5.73 Å². The van der Waals surface area contributed by atoms with Gasteiger partial charge in [-0.3, -0.25) is 0 Å². The summed E-state index contributed by atoms with van der Waals surface area (Å²) in [6.45, 7) is 1.56. The van der Waals surface area contributed by atoms with Crippen molar-refractivity contribution in [3.05, 3.63) is 65.2 Å². The van der Waals surface area contributed by atoms with E-state index >= 15 is 0 Å². The van der Waals surface area contributed by atoms with Gasteiger partial charge in [0.15, 0.2) is 11.6 Å². The first-order chi connectivity index (χ1) is 9.48. The zero-order valence-corrected chi connectivity index (χ0v) is 11.0. The summed E-state index contributed by atoms with van der Waals surface area (Å²) >= 11 is 0. The van der Waals surface area contributed by atoms with E-state index in [1.54, 1.807) is 6.92 Å². The summed E-state index contributed by atoms with van der Waals surface area (Å²) in [5.41, 5.74) is 5.39. The van der Waals surface area contributed by atoms with Gasteiger partial charge in [-0.1, -0.05) is 30.3 Å². The number of benzene rings is 2. The van der Waals surface area contributed by atoms with Crippen molar-refractivity contribution in [1.29, 1.82) is 5.26 Å². The van der Waals surface area contributed by atoms with Crippen LogP contribution in [0.1, 0.15) is 18.1 Å². The quantitative estimate of drug-likeness (QED) is 0.868. The Kier molecular flexibility index (Phi) is 3.71. The SMILES string of the molecule is CC(C#N)(Cc1ccccc1)c1c(N)ccc(F)c1F. The summed E-state index contributed by atoms with van der Waals surface area (Å²) in [5.74, 6) is -2.05. The van der Waals surface area contributed by atoms with Gasteiger partial charge >= 0.3 is 0 Å². The molecule has 0 saturated carbocycles. The molecule has 1 atom stereocenters.